The number of para-hydroxylation sites is 1. The number of nitrogens with zero attached hydrogens (tertiary/aromatic N) is 3. The summed E-state index contributed by atoms with van der Waals surface area (Å²) in [5.74, 6) is 1.88. The molecule has 0 bridgehead atoms. The van der Waals surface area contributed by atoms with Crippen LogP contribution in [0, 0.1) is 0 Å². The average Bonchev–Trinajstić information content (AvgIpc) is 2.68. The van der Waals surface area contributed by atoms with Crippen LogP contribution in [0.2, 0.25) is 0 Å². The number of benzene rings is 2. The van der Waals surface area contributed by atoms with Gasteiger partial charge >= 0.3 is 0 Å². The number of aromatic nitrogens is 3. The lowest BCUT2D eigenvalue weighted by Crippen LogP contribution is -2.00. The van der Waals surface area contributed by atoms with Gasteiger partial charge in [-0.1, -0.05) is 24.3 Å². The van der Waals surface area contributed by atoms with Crippen molar-refractivity contribution < 1.29 is 4.21 Å². The van der Waals surface area contributed by atoms with Crippen LogP contribution in [0.1, 0.15) is 5.56 Å². The highest BCUT2D eigenvalue weighted by Crippen LogP contribution is 2.27. The molecule has 0 saturated carbocycles. The van der Waals surface area contributed by atoms with E-state index in [1.54, 1.807) is 18.6 Å². The molecule has 0 aliphatic heterocycles. The van der Waals surface area contributed by atoms with Crippen molar-refractivity contribution in [2.24, 2.45) is 0 Å². The van der Waals surface area contributed by atoms with Gasteiger partial charge in [-0.3, -0.25) is 9.19 Å². The second kappa shape index (κ2) is 7.63. The number of rotatable bonds is 5. The summed E-state index contributed by atoms with van der Waals surface area (Å²) in [7, 11) is -0.882. The van der Waals surface area contributed by atoms with E-state index < -0.39 is 10.8 Å². The van der Waals surface area contributed by atoms with E-state index in [0.717, 1.165) is 33.5 Å². The van der Waals surface area contributed by atoms with Gasteiger partial charge in [0.2, 0.25) is 0 Å². The minimum absolute atomic E-state index is 0.529. The van der Waals surface area contributed by atoms with Crippen LogP contribution in [-0.2, 0) is 16.6 Å². The Morgan fingerprint density at radius 3 is 2.70 bits per heavy atom. The van der Waals surface area contributed by atoms with Crippen molar-refractivity contribution in [1.82, 2.24) is 15.0 Å². The number of fused-ring (bicyclic) bond motifs is 1. The maximum atomic E-state index is 11.5. The molecule has 2 aromatic carbocycles. The van der Waals surface area contributed by atoms with Gasteiger partial charge in [0.15, 0.2) is 5.82 Å². The molecule has 134 valence electrons. The van der Waals surface area contributed by atoms with Gasteiger partial charge in [-0.15, -0.1) is 0 Å². The van der Waals surface area contributed by atoms with Gasteiger partial charge in [-0.25, -0.2) is 9.97 Å². The van der Waals surface area contributed by atoms with Gasteiger partial charge < -0.3 is 5.32 Å². The molecule has 5 nitrogen and oxygen atoms in total. The summed E-state index contributed by atoms with van der Waals surface area (Å²) in [6.07, 6.45) is 5.19. The molecule has 0 saturated heterocycles. The zero-order valence-electron chi connectivity index (χ0n) is 14.8. The van der Waals surface area contributed by atoms with Crippen molar-refractivity contribution in [2.75, 3.05) is 11.6 Å². The summed E-state index contributed by atoms with van der Waals surface area (Å²) >= 11 is 0. The molecule has 27 heavy (non-hydrogen) atoms. The van der Waals surface area contributed by atoms with Gasteiger partial charge in [0, 0.05) is 51.8 Å². The number of hydrogen-bond acceptors (Lipinski definition) is 5. The third-order valence-electron chi connectivity index (χ3n) is 4.08. The zero-order chi connectivity index (χ0) is 18.6. The quantitative estimate of drug-likeness (QED) is 0.564. The van der Waals surface area contributed by atoms with E-state index in [2.05, 4.69) is 15.3 Å². The fourth-order valence-corrected chi connectivity index (χ4v) is 3.56. The van der Waals surface area contributed by atoms with Crippen molar-refractivity contribution >= 4 is 33.2 Å². The maximum Gasteiger partial charge on any atom is 0.163 e. The van der Waals surface area contributed by atoms with Crippen molar-refractivity contribution in [3.63, 3.8) is 0 Å². The smallest absolute Gasteiger partial charge is 0.163 e. The molecular formula is C21H18N4OS. The highest BCUT2D eigenvalue weighted by atomic mass is 32.2. The summed E-state index contributed by atoms with van der Waals surface area (Å²) in [5.41, 5.74) is 3.65. The molecule has 2 heterocycles. The van der Waals surface area contributed by atoms with Gasteiger partial charge in [0.25, 0.3) is 0 Å². The molecule has 1 atom stereocenters. The van der Waals surface area contributed by atoms with Crippen LogP contribution < -0.4 is 5.32 Å². The molecule has 1 N–H and O–H groups in total. The lowest BCUT2D eigenvalue weighted by atomic mass is 10.2. The predicted octanol–water partition coefficient (Wildman–Crippen LogP) is 4.31. The Morgan fingerprint density at radius 1 is 1.00 bits per heavy atom. The first kappa shape index (κ1) is 17.3. The molecule has 0 radical (unpaired) electrons. The largest absolute Gasteiger partial charge is 0.340 e. The summed E-state index contributed by atoms with van der Waals surface area (Å²) in [6.45, 7) is 0. The third-order valence-corrected chi connectivity index (χ3v) is 4.82. The second-order valence-corrected chi connectivity index (χ2v) is 7.63. The van der Waals surface area contributed by atoms with Crippen molar-refractivity contribution in [3.05, 3.63) is 78.6 Å². The van der Waals surface area contributed by atoms with E-state index in [1.807, 2.05) is 60.7 Å². The summed E-state index contributed by atoms with van der Waals surface area (Å²) < 4.78 is 11.5. The summed E-state index contributed by atoms with van der Waals surface area (Å²) in [5, 5.41) is 4.34. The predicted molar refractivity (Wildman–Crippen MR) is 110 cm³/mol. The van der Waals surface area contributed by atoms with Gasteiger partial charge in [0.05, 0.1) is 5.52 Å². The first-order valence-electron chi connectivity index (χ1n) is 8.52. The lowest BCUT2D eigenvalue weighted by Gasteiger charge is -2.12. The third kappa shape index (κ3) is 4.01. The molecule has 2 aromatic heterocycles. The van der Waals surface area contributed by atoms with Crippen LogP contribution in [0.25, 0.3) is 22.3 Å². The molecular weight excluding hydrogens is 356 g/mol. The second-order valence-electron chi connectivity index (χ2n) is 6.20. The molecule has 4 aromatic rings. The molecule has 6 heteroatoms. The Hall–Kier alpha value is -3.12. The minimum Gasteiger partial charge on any atom is -0.340 e. The van der Waals surface area contributed by atoms with Gasteiger partial charge in [-0.2, -0.15) is 0 Å². The average molecular weight is 374 g/mol. The standard InChI is InChI=1S/C21H18N4OS/c1-27(26)14-15-6-4-8-17(12-15)23-21-18-9-2-3-10-19(18)24-20(25-21)16-7-5-11-22-13-16/h2-13H,14H2,1H3,(H,23,24,25). The fraction of sp³-hybridized carbons (Fsp3) is 0.0952. The monoisotopic (exact) mass is 374 g/mol. The molecule has 1 unspecified atom stereocenters. The zero-order valence-corrected chi connectivity index (χ0v) is 15.6. The number of anilines is 2. The SMILES string of the molecule is CS(=O)Cc1cccc(Nc2nc(-c3cccnc3)nc3ccccc23)c1. The molecule has 0 amide bonds. The van der Waals surface area contributed by atoms with E-state index in [0.29, 0.717) is 11.6 Å². The number of pyridine rings is 1. The molecule has 0 fully saturated rings. The van der Waals surface area contributed by atoms with E-state index in [9.17, 15) is 4.21 Å². The Balaban J connectivity index is 1.78. The van der Waals surface area contributed by atoms with E-state index in [-0.39, 0.29) is 0 Å². The lowest BCUT2D eigenvalue weighted by molar-refractivity contribution is 0.686. The minimum atomic E-state index is -0.882. The number of nitrogens with one attached hydrogen (secondary N) is 1. The van der Waals surface area contributed by atoms with Crippen LogP contribution in [0.3, 0.4) is 0 Å². The van der Waals surface area contributed by atoms with E-state index in [4.69, 9.17) is 4.98 Å². The maximum absolute atomic E-state index is 11.5. The molecule has 4 rings (SSSR count). The Labute approximate surface area is 160 Å². The van der Waals surface area contributed by atoms with Crippen molar-refractivity contribution in [3.8, 4) is 11.4 Å². The van der Waals surface area contributed by atoms with Gasteiger partial charge in [-0.05, 0) is 42.0 Å². The van der Waals surface area contributed by atoms with Crippen LogP contribution in [0.5, 0.6) is 0 Å². The highest BCUT2D eigenvalue weighted by Gasteiger charge is 2.10. The topological polar surface area (TPSA) is 67.8 Å². The van der Waals surface area contributed by atoms with Gasteiger partial charge in [0.1, 0.15) is 5.82 Å². The van der Waals surface area contributed by atoms with Crippen molar-refractivity contribution in [2.45, 2.75) is 5.75 Å². The molecule has 0 aliphatic carbocycles. The van der Waals surface area contributed by atoms with Crippen molar-refractivity contribution in [1.29, 1.82) is 0 Å². The summed E-state index contributed by atoms with van der Waals surface area (Å²) in [6, 6.07) is 19.6. The van der Waals surface area contributed by atoms with E-state index >= 15 is 0 Å². The Morgan fingerprint density at radius 2 is 1.89 bits per heavy atom. The Kier molecular flexibility index (Phi) is 4.89. The number of hydrogen-bond donors (Lipinski definition) is 1. The Bertz CT molecular complexity index is 1120. The van der Waals surface area contributed by atoms with E-state index in [1.165, 1.54) is 0 Å². The summed E-state index contributed by atoms with van der Waals surface area (Å²) in [4.78, 5) is 13.6. The highest BCUT2D eigenvalue weighted by molar-refractivity contribution is 7.83. The normalized spacial score (nSPS) is 12.0. The first-order chi connectivity index (χ1) is 13.2. The van der Waals surface area contributed by atoms with Crippen LogP contribution in [-0.4, -0.2) is 25.4 Å². The van der Waals surface area contributed by atoms with Crippen LogP contribution in [0.4, 0.5) is 11.5 Å². The van der Waals surface area contributed by atoms with Crippen LogP contribution >= 0.6 is 0 Å². The first-order valence-corrected chi connectivity index (χ1v) is 10.2. The fourth-order valence-electron chi connectivity index (χ4n) is 2.91. The molecule has 0 spiro atoms. The molecule has 0 aliphatic rings. The van der Waals surface area contributed by atoms with Crippen LogP contribution in [0.15, 0.2) is 73.1 Å².